The second-order valence-electron chi connectivity index (χ2n) is 3.55. The summed E-state index contributed by atoms with van der Waals surface area (Å²) in [4.78, 5) is 12.0. The minimum Gasteiger partial charge on any atom is -0.493 e. The van der Waals surface area contributed by atoms with Gasteiger partial charge in [0.2, 0.25) is 5.88 Å². The van der Waals surface area contributed by atoms with Crippen LogP contribution in [-0.2, 0) is 6.54 Å². The molecule has 1 N–H and O–H groups in total. The van der Waals surface area contributed by atoms with Gasteiger partial charge in [-0.1, -0.05) is 36.4 Å². The highest BCUT2D eigenvalue weighted by atomic mass is 16.3. The van der Waals surface area contributed by atoms with Gasteiger partial charge in [-0.15, -0.1) is 6.58 Å². The molecule has 0 saturated carbocycles. The molecule has 0 fully saturated rings. The number of rotatable bonds is 4. The van der Waals surface area contributed by atoms with Crippen LogP contribution in [0.1, 0.15) is 15.9 Å². The fraction of sp³-hybridized carbons (Fsp3) is 0.0769. The van der Waals surface area contributed by atoms with Gasteiger partial charge in [-0.25, -0.2) is 4.68 Å². The number of aromatic nitrogens is 2. The molecule has 2 aromatic rings. The summed E-state index contributed by atoms with van der Waals surface area (Å²) in [7, 11) is 0. The Balaban J connectivity index is 2.35. The average Bonchev–Trinajstić information content (AvgIpc) is 2.72. The Labute approximate surface area is 98.8 Å². The normalized spacial score (nSPS) is 10.1. The number of allylic oxidation sites excluding steroid dienone is 1. The van der Waals surface area contributed by atoms with Crippen molar-refractivity contribution in [2.45, 2.75) is 6.54 Å². The SMILES string of the molecule is C=CCn1ncc(C(=O)c2ccccc2)c1O. The molecule has 0 atom stereocenters. The molecule has 4 nitrogen and oxygen atoms in total. The molecule has 1 heterocycles. The fourth-order valence-corrected chi connectivity index (χ4v) is 1.54. The van der Waals surface area contributed by atoms with Crippen LogP contribution in [0.15, 0.2) is 49.2 Å². The molecule has 0 spiro atoms. The minimum absolute atomic E-state index is 0.126. The van der Waals surface area contributed by atoms with E-state index in [1.54, 1.807) is 30.3 Å². The minimum atomic E-state index is -0.238. The Hall–Kier alpha value is -2.36. The van der Waals surface area contributed by atoms with Gasteiger partial charge in [0.25, 0.3) is 0 Å². The summed E-state index contributed by atoms with van der Waals surface area (Å²) in [6, 6.07) is 8.79. The maximum absolute atomic E-state index is 12.0. The third-order valence-corrected chi connectivity index (χ3v) is 2.39. The molecule has 0 saturated heterocycles. The molecule has 0 amide bonds. The summed E-state index contributed by atoms with van der Waals surface area (Å²) >= 11 is 0. The van der Waals surface area contributed by atoms with Gasteiger partial charge in [0.1, 0.15) is 5.56 Å². The zero-order valence-electron chi connectivity index (χ0n) is 9.21. The van der Waals surface area contributed by atoms with Crippen molar-refractivity contribution in [1.29, 1.82) is 0 Å². The molecule has 0 bridgehead atoms. The maximum atomic E-state index is 12.0. The van der Waals surface area contributed by atoms with Crippen LogP contribution in [0.25, 0.3) is 0 Å². The fourth-order valence-electron chi connectivity index (χ4n) is 1.54. The first-order chi connectivity index (χ1) is 8.24. The van der Waals surface area contributed by atoms with Gasteiger partial charge in [0.15, 0.2) is 5.78 Å². The van der Waals surface area contributed by atoms with E-state index in [-0.39, 0.29) is 17.2 Å². The van der Waals surface area contributed by atoms with Crippen LogP contribution in [0.3, 0.4) is 0 Å². The number of carbonyl (C=O) groups excluding carboxylic acids is 1. The van der Waals surface area contributed by atoms with Crippen molar-refractivity contribution >= 4 is 5.78 Å². The lowest BCUT2D eigenvalue weighted by atomic mass is 10.1. The van der Waals surface area contributed by atoms with Crippen molar-refractivity contribution in [3.8, 4) is 5.88 Å². The van der Waals surface area contributed by atoms with Crippen LogP contribution in [0.2, 0.25) is 0 Å². The topological polar surface area (TPSA) is 55.1 Å². The van der Waals surface area contributed by atoms with Crippen molar-refractivity contribution in [2.75, 3.05) is 0 Å². The zero-order chi connectivity index (χ0) is 12.3. The molecule has 1 aromatic carbocycles. The molecule has 0 aliphatic heterocycles. The third-order valence-electron chi connectivity index (χ3n) is 2.39. The van der Waals surface area contributed by atoms with E-state index in [4.69, 9.17) is 0 Å². The molecule has 0 unspecified atom stereocenters. The van der Waals surface area contributed by atoms with E-state index in [1.165, 1.54) is 10.9 Å². The lowest BCUT2D eigenvalue weighted by Gasteiger charge is -2.00. The molecular formula is C13H12N2O2. The molecule has 2 rings (SSSR count). The van der Waals surface area contributed by atoms with Crippen LogP contribution in [0.4, 0.5) is 0 Å². The summed E-state index contributed by atoms with van der Waals surface area (Å²) in [5.74, 6) is -0.364. The number of ketones is 1. The highest BCUT2D eigenvalue weighted by Gasteiger charge is 2.17. The number of hydrogen-bond donors (Lipinski definition) is 1. The van der Waals surface area contributed by atoms with E-state index in [9.17, 15) is 9.90 Å². The van der Waals surface area contributed by atoms with Crippen molar-refractivity contribution in [3.05, 3.63) is 60.3 Å². The molecule has 1 aromatic heterocycles. The Morgan fingerprint density at radius 3 is 2.76 bits per heavy atom. The second-order valence-corrected chi connectivity index (χ2v) is 3.55. The van der Waals surface area contributed by atoms with Crippen LogP contribution in [0, 0.1) is 0 Å². The summed E-state index contributed by atoms with van der Waals surface area (Å²) in [6.45, 7) is 3.92. The number of aromatic hydroxyl groups is 1. The van der Waals surface area contributed by atoms with Crippen molar-refractivity contribution in [3.63, 3.8) is 0 Å². The quantitative estimate of drug-likeness (QED) is 0.643. The van der Waals surface area contributed by atoms with E-state index >= 15 is 0 Å². The third kappa shape index (κ3) is 2.10. The molecule has 86 valence electrons. The van der Waals surface area contributed by atoms with Crippen molar-refractivity contribution in [1.82, 2.24) is 9.78 Å². The molecule has 17 heavy (non-hydrogen) atoms. The Kier molecular flexibility index (Phi) is 3.05. The largest absolute Gasteiger partial charge is 0.493 e. The molecule has 0 aliphatic carbocycles. The number of carbonyl (C=O) groups is 1. The maximum Gasteiger partial charge on any atom is 0.221 e. The standard InChI is InChI=1S/C13H12N2O2/c1-2-8-15-13(17)11(9-14-15)12(16)10-6-4-3-5-7-10/h2-7,9,17H,1,8H2. The van der Waals surface area contributed by atoms with E-state index in [0.29, 0.717) is 12.1 Å². The molecular weight excluding hydrogens is 216 g/mol. The smallest absolute Gasteiger partial charge is 0.221 e. The van der Waals surface area contributed by atoms with E-state index in [0.717, 1.165) is 0 Å². The van der Waals surface area contributed by atoms with Gasteiger partial charge in [-0.3, -0.25) is 4.79 Å². The Bertz CT molecular complexity index is 544. The highest BCUT2D eigenvalue weighted by Crippen LogP contribution is 2.19. The number of hydrogen-bond acceptors (Lipinski definition) is 3. The monoisotopic (exact) mass is 228 g/mol. The first-order valence-corrected chi connectivity index (χ1v) is 5.19. The first-order valence-electron chi connectivity index (χ1n) is 5.19. The number of benzene rings is 1. The number of nitrogens with zero attached hydrogens (tertiary/aromatic N) is 2. The van der Waals surface area contributed by atoms with E-state index < -0.39 is 0 Å². The zero-order valence-corrected chi connectivity index (χ0v) is 9.21. The van der Waals surface area contributed by atoms with Gasteiger partial charge < -0.3 is 5.11 Å². The second kappa shape index (κ2) is 4.65. The lowest BCUT2D eigenvalue weighted by Crippen LogP contribution is -2.01. The lowest BCUT2D eigenvalue weighted by molar-refractivity contribution is 0.103. The Morgan fingerprint density at radius 2 is 2.12 bits per heavy atom. The van der Waals surface area contributed by atoms with Crippen LogP contribution in [-0.4, -0.2) is 20.7 Å². The summed E-state index contributed by atoms with van der Waals surface area (Å²) in [5.41, 5.74) is 0.735. The van der Waals surface area contributed by atoms with Crippen molar-refractivity contribution < 1.29 is 9.90 Å². The van der Waals surface area contributed by atoms with E-state index in [2.05, 4.69) is 11.7 Å². The van der Waals surface area contributed by atoms with Gasteiger partial charge in [0, 0.05) is 5.56 Å². The van der Waals surface area contributed by atoms with Gasteiger partial charge in [0.05, 0.1) is 12.7 Å². The highest BCUT2D eigenvalue weighted by molar-refractivity contribution is 6.10. The van der Waals surface area contributed by atoms with Gasteiger partial charge >= 0.3 is 0 Å². The molecule has 0 radical (unpaired) electrons. The predicted molar refractivity (Wildman–Crippen MR) is 64.0 cm³/mol. The van der Waals surface area contributed by atoms with Gasteiger partial charge in [-0.2, -0.15) is 5.10 Å². The summed E-state index contributed by atoms with van der Waals surface area (Å²) < 4.78 is 1.32. The summed E-state index contributed by atoms with van der Waals surface area (Å²) in [5, 5.41) is 13.8. The average molecular weight is 228 g/mol. The van der Waals surface area contributed by atoms with Crippen LogP contribution < -0.4 is 0 Å². The predicted octanol–water partition coefficient (Wildman–Crippen LogP) is 2.01. The molecule has 0 aliphatic rings. The Morgan fingerprint density at radius 1 is 1.41 bits per heavy atom. The van der Waals surface area contributed by atoms with Crippen LogP contribution >= 0.6 is 0 Å². The first kappa shape index (κ1) is 11.1. The van der Waals surface area contributed by atoms with Crippen LogP contribution in [0.5, 0.6) is 5.88 Å². The van der Waals surface area contributed by atoms with Gasteiger partial charge in [-0.05, 0) is 0 Å². The van der Waals surface area contributed by atoms with Crippen molar-refractivity contribution in [2.24, 2.45) is 0 Å². The summed E-state index contributed by atoms with van der Waals surface area (Å²) in [6.07, 6.45) is 2.97. The molecule has 4 heteroatoms. The van der Waals surface area contributed by atoms with E-state index in [1.807, 2.05) is 6.07 Å².